The van der Waals surface area contributed by atoms with Crippen LogP contribution in [0.2, 0.25) is 0 Å². The molecular weight excluding hydrogens is 322 g/mol. The molecule has 0 aliphatic rings. The first-order chi connectivity index (χ1) is 11.9. The van der Waals surface area contributed by atoms with Crippen molar-refractivity contribution in [3.63, 3.8) is 0 Å². The summed E-state index contributed by atoms with van der Waals surface area (Å²) >= 11 is 0. The third-order valence-electron chi connectivity index (χ3n) is 3.53. The average molecular weight is 339 g/mol. The summed E-state index contributed by atoms with van der Waals surface area (Å²) < 4.78 is 5.08. The predicted molar refractivity (Wildman–Crippen MR) is 91.0 cm³/mol. The van der Waals surface area contributed by atoms with Gasteiger partial charge in [-0.2, -0.15) is 5.26 Å². The second kappa shape index (κ2) is 7.84. The SMILES string of the molecule is COc1ccc(O)c([C@@H](C)NC(=O)C(=O)Nc2ccc(C#N)cc2)c1. The highest BCUT2D eigenvalue weighted by molar-refractivity contribution is 6.39. The molecule has 0 heterocycles. The molecule has 0 saturated carbocycles. The van der Waals surface area contributed by atoms with E-state index in [1.165, 1.54) is 37.4 Å². The van der Waals surface area contributed by atoms with E-state index in [-0.39, 0.29) is 5.75 Å². The Labute approximate surface area is 144 Å². The number of nitriles is 1. The number of anilines is 1. The molecular formula is C18H17N3O4. The van der Waals surface area contributed by atoms with Crippen LogP contribution < -0.4 is 15.4 Å². The Hall–Kier alpha value is -3.53. The summed E-state index contributed by atoms with van der Waals surface area (Å²) in [7, 11) is 1.49. The Bertz CT molecular complexity index is 825. The Kier molecular flexibility index (Phi) is 5.58. The van der Waals surface area contributed by atoms with Gasteiger partial charge in [-0.1, -0.05) is 0 Å². The predicted octanol–water partition coefficient (Wildman–Crippen LogP) is 2.09. The molecule has 7 heteroatoms. The zero-order valence-corrected chi connectivity index (χ0v) is 13.7. The summed E-state index contributed by atoms with van der Waals surface area (Å²) in [6.07, 6.45) is 0. The van der Waals surface area contributed by atoms with Crippen LogP contribution in [0, 0.1) is 11.3 Å². The number of phenolic OH excluding ortho intramolecular Hbond substituents is 1. The fourth-order valence-corrected chi connectivity index (χ4v) is 2.16. The molecule has 0 bridgehead atoms. The van der Waals surface area contributed by atoms with Gasteiger partial charge in [0.05, 0.1) is 24.8 Å². The van der Waals surface area contributed by atoms with Gasteiger partial charge >= 0.3 is 11.8 Å². The highest BCUT2D eigenvalue weighted by atomic mass is 16.5. The minimum Gasteiger partial charge on any atom is -0.508 e. The molecule has 1 atom stereocenters. The first kappa shape index (κ1) is 17.8. The summed E-state index contributed by atoms with van der Waals surface area (Å²) in [5, 5.41) is 23.6. The number of carbonyl (C=O) groups is 2. The zero-order chi connectivity index (χ0) is 18.4. The van der Waals surface area contributed by atoms with Crippen LogP contribution >= 0.6 is 0 Å². The summed E-state index contributed by atoms with van der Waals surface area (Å²) in [6.45, 7) is 1.64. The topological polar surface area (TPSA) is 111 Å². The van der Waals surface area contributed by atoms with Crippen LogP contribution in [0.25, 0.3) is 0 Å². The fraction of sp³-hybridized carbons (Fsp3) is 0.167. The van der Waals surface area contributed by atoms with Crippen molar-refractivity contribution in [3.05, 3.63) is 53.6 Å². The van der Waals surface area contributed by atoms with Crippen molar-refractivity contribution in [3.8, 4) is 17.6 Å². The lowest BCUT2D eigenvalue weighted by Crippen LogP contribution is -2.36. The van der Waals surface area contributed by atoms with Gasteiger partial charge in [-0.3, -0.25) is 9.59 Å². The number of aromatic hydroxyl groups is 1. The van der Waals surface area contributed by atoms with Gasteiger partial charge in [-0.25, -0.2) is 0 Å². The number of nitrogens with one attached hydrogen (secondary N) is 2. The first-order valence-corrected chi connectivity index (χ1v) is 7.43. The van der Waals surface area contributed by atoms with E-state index in [1.54, 1.807) is 19.1 Å². The van der Waals surface area contributed by atoms with Gasteiger partial charge in [0.25, 0.3) is 0 Å². The lowest BCUT2D eigenvalue weighted by molar-refractivity contribution is -0.136. The van der Waals surface area contributed by atoms with Gasteiger partial charge in [0.2, 0.25) is 0 Å². The molecule has 128 valence electrons. The number of phenols is 1. The fourth-order valence-electron chi connectivity index (χ4n) is 2.16. The van der Waals surface area contributed by atoms with Crippen molar-refractivity contribution in [1.29, 1.82) is 5.26 Å². The molecule has 2 aromatic rings. The molecule has 3 N–H and O–H groups in total. The third kappa shape index (κ3) is 4.48. The molecule has 0 fully saturated rings. The van der Waals surface area contributed by atoms with Gasteiger partial charge in [0.15, 0.2) is 0 Å². The van der Waals surface area contributed by atoms with Crippen molar-refractivity contribution in [2.24, 2.45) is 0 Å². The maximum absolute atomic E-state index is 12.0. The molecule has 0 radical (unpaired) electrons. The van der Waals surface area contributed by atoms with E-state index in [0.717, 1.165) is 0 Å². The smallest absolute Gasteiger partial charge is 0.313 e. The zero-order valence-electron chi connectivity index (χ0n) is 13.7. The van der Waals surface area contributed by atoms with Crippen LogP contribution in [0.4, 0.5) is 5.69 Å². The Morgan fingerprint density at radius 2 is 1.84 bits per heavy atom. The van der Waals surface area contributed by atoms with E-state index in [2.05, 4.69) is 10.6 Å². The lowest BCUT2D eigenvalue weighted by Gasteiger charge is -2.16. The highest BCUT2D eigenvalue weighted by Gasteiger charge is 2.19. The minimum absolute atomic E-state index is 0.0129. The number of rotatable bonds is 4. The van der Waals surface area contributed by atoms with Gasteiger partial charge in [-0.05, 0) is 49.4 Å². The highest BCUT2D eigenvalue weighted by Crippen LogP contribution is 2.28. The van der Waals surface area contributed by atoms with Crippen molar-refractivity contribution < 1.29 is 19.4 Å². The maximum Gasteiger partial charge on any atom is 0.313 e. The number of carbonyl (C=O) groups excluding carboxylic acids is 2. The summed E-state index contributed by atoms with van der Waals surface area (Å²) in [5.74, 6) is -1.19. The van der Waals surface area contributed by atoms with Crippen LogP contribution in [0.5, 0.6) is 11.5 Å². The van der Waals surface area contributed by atoms with Gasteiger partial charge in [0, 0.05) is 11.3 Å². The summed E-state index contributed by atoms with van der Waals surface area (Å²) in [6, 6.07) is 12.1. The van der Waals surface area contributed by atoms with E-state index in [4.69, 9.17) is 10.00 Å². The Balaban J connectivity index is 2.02. The van der Waals surface area contributed by atoms with Crippen molar-refractivity contribution in [2.75, 3.05) is 12.4 Å². The largest absolute Gasteiger partial charge is 0.508 e. The molecule has 0 saturated heterocycles. The molecule has 7 nitrogen and oxygen atoms in total. The monoisotopic (exact) mass is 339 g/mol. The van der Waals surface area contributed by atoms with E-state index in [1.807, 2.05) is 6.07 Å². The van der Waals surface area contributed by atoms with Gasteiger partial charge < -0.3 is 20.5 Å². The van der Waals surface area contributed by atoms with Crippen molar-refractivity contribution in [2.45, 2.75) is 13.0 Å². The second-order valence-corrected chi connectivity index (χ2v) is 5.26. The quantitative estimate of drug-likeness (QED) is 0.739. The Morgan fingerprint density at radius 3 is 2.44 bits per heavy atom. The van der Waals surface area contributed by atoms with Crippen LogP contribution in [0.1, 0.15) is 24.1 Å². The van der Waals surface area contributed by atoms with Crippen LogP contribution in [0.3, 0.4) is 0 Å². The Morgan fingerprint density at radius 1 is 1.16 bits per heavy atom. The molecule has 2 amide bonds. The van der Waals surface area contributed by atoms with E-state index >= 15 is 0 Å². The number of amides is 2. The number of benzene rings is 2. The van der Waals surface area contributed by atoms with E-state index in [9.17, 15) is 14.7 Å². The lowest BCUT2D eigenvalue weighted by atomic mass is 10.1. The van der Waals surface area contributed by atoms with Crippen LogP contribution in [-0.4, -0.2) is 24.0 Å². The van der Waals surface area contributed by atoms with E-state index < -0.39 is 17.9 Å². The number of nitrogens with zero attached hydrogens (tertiary/aromatic N) is 1. The second-order valence-electron chi connectivity index (χ2n) is 5.26. The van der Waals surface area contributed by atoms with Crippen molar-refractivity contribution in [1.82, 2.24) is 5.32 Å². The molecule has 0 spiro atoms. The maximum atomic E-state index is 12.0. The molecule has 0 aliphatic heterocycles. The number of hydrogen-bond donors (Lipinski definition) is 3. The standard InChI is InChI=1S/C18H17N3O4/c1-11(15-9-14(25-2)7-8-16(15)22)20-17(23)18(24)21-13-5-3-12(10-19)4-6-13/h3-9,11,22H,1-2H3,(H,20,23)(H,21,24)/t11-/m1/s1. The normalized spacial score (nSPS) is 11.1. The molecule has 0 aromatic heterocycles. The number of ether oxygens (including phenoxy) is 1. The third-order valence-corrected chi connectivity index (χ3v) is 3.53. The first-order valence-electron chi connectivity index (χ1n) is 7.43. The molecule has 0 aliphatic carbocycles. The molecule has 0 unspecified atom stereocenters. The molecule has 2 rings (SSSR count). The molecule has 2 aromatic carbocycles. The minimum atomic E-state index is -0.848. The van der Waals surface area contributed by atoms with Gasteiger partial charge in [-0.15, -0.1) is 0 Å². The summed E-state index contributed by atoms with van der Waals surface area (Å²) in [4.78, 5) is 24.0. The van der Waals surface area contributed by atoms with Crippen LogP contribution in [0.15, 0.2) is 42.5 Å². The number of hydrogen-bond acceptors (Lipinski definition) is 5. The van der Waals surface area contributed by atoms with Crippen molar-refractivity contribution >= 4 is 17.5 Å². The molecule has 25 heavy (non-hydrogen) atoms. The van der Waals surface area contributed by atoms with Crippen LogP contribution in [-0.2, 0) is 9.59 Å². The summed E-state index contributed by atoms with van der Waals surface area (Å²) in [5.41, 5.74) is 1.28. The average Bonchev–Trinajstić information content (AvgIpc) is 2.62. The van der Waals surface area contributed by atoms with Gasteiger partial charge in [0.1, 0.15) is 11.5 Å². The van der Waals surface area contributed by atoms with E-state index in [0.29, 0.717) is 22.6 Å². The number of methoxy groups -OCH3 is 1.